The van der Waals surface area contributed by atoms with Gasteiger partial charge in [-0.25, -0.2) is 0 Å². The number of methoxy groups -OCH3 is 2. The molecule has 0 amide bonds. The SMILES string of the molecule is COc1cc(CC(O)CO)cc(-c2cc(CC(O)CO)cc(OC)c2O)c1O. The maximum Gasteiger partial charge on any atom is 0.165 e. The number of phenols is 2. The van der Waals surface area contributed by atoms with Gasteiger partial charge in [0.05, 0.1) is 39.6 Å². The first-order valence-electron chi connectivity index (χ1n) is 8.72. The van der Waals surface area contributed by atoms with Crippen molar-refractivity contribution in [2.45, 2.75) is 25.0 Å². The summed E-state index contributed by atoms with van der Waals surface area (Å²) in [4.78, 5) is 0. The van der Waals surface area contributed by atoms with Gasteiger partial charge in [0.15, 0.2) is 23.0 Å². The van der Waals surface area contributed by atoms with Gasteiger partial charge < -0.3 is 40.1 Å². The van der Waals surface area contributed by atoms with E-state index in [0.717, 1.165) is 0 Å². The highest BCUT2D eigenvalue weighted by Gasteiger charge is 2.20. The van der Waals surface area contributed by atoms with Crippen LogP contribution < -0.4 is 9.47 Å². The van der Waals surface area contributed by atoms with Crippen LogP contribution in [0.4, 0.5) is 0 Å². The summed E-state index contributed by atoms with van der Waals surface area (Å²) >= 11 is 0. The minimum atomic E-state index is -0.990. The van der Waals surface area contributed by atoms with Crippen molar-refractivity contribution in [1.82, 2.24) is 0 Å². The average molecular weight is 394 g/mol. The molecule has 28 heavy (non-hydrogen) atoms. The van der Waals surface area contributed by atoms with Crippen LogP contribution in [-0.4, -0.2) is 70.3 Å². The molecule has 0 radical (unpaired) electrons. The van der Waals surface area contributed by atoms with Crippen LogP contribution in [0.25, 0.3) is 11.1 Å². The maximum absolute atomic E-state index is 10.6. The van der Waals surface area contributed by atoms with Gasteiger partial charge in [0.25, 0.3) is 0 Å². The van der Waals surface area contributed by atoms with Crippen LogP contribution in [0.1, 0.15) is 11.1 Å². The summed E-state index contributed by atoms with van der Waals surface area (Å²) < 4.78 is 10.4. The van der Waals surface area contributed by atoms with Gasteiger partial charge in [0.1, 0.15) is 0 Å². The summed E-state index contributed by atoms with van der Waals surface area (Å²) in [7, 11) is 2.75. The number of hydrogen-bond donors (Lipinski definition) is 6. The molecule has 2 aromatic carbocycles. The number of rotatable bonds is 9. The molecule has 154 valence electrons. The molecule has 0 aliphatic rings. The lowest BCUT2D eigenvalue weighted by Crippen LogP contribution is -2.15. The van der Waals surface area contributed by atoms with Gasteiger partial charge in [-0.05, 0) is 35.4 Å². The molecule has 0 saturated heterocycles. The third-order valence-electron chi connectivity index (χ3n) is 4.36. The molecule has 0 spiro atoms. The minimum absolute atomic E-state index is 0.112. The molecule has 8 nitrogen and oxygen atoms in total. The Kier molecular flexibility index (Phi) is 7.47. The van der Waals surface area contributed by atoms with Crippen molar-refractivity contribution in [3.8, 4) is 34.1 Å². The van der Waals surface area contributed by atoms with Gasteiger partial charge in [-0.2, -0.15) is 0 Å². The van der Waals surface area contributed by atoms with Crippen molar-refractivity contribution in [2.24, 2.45) is 0 Å². The van der Waals surface area contributed by atoms with E-state index in [9.17, 15) is 20.4 Å². The minimum Gasteiger partial charge on any atom is -0.504 e. The monoisotopic (exact) mass is 394 g/mol. The van der Waals surface area contributed by atoms with E-state index in [0.29, 0.717) is 11.1 Å². The van der Waals surface area contributed by atoms with Crippen molar-refractivity contribution < 1.29 is 40.1 Å². The summed E-state index contributed by atoms with van der Waals surface area (Å²) in [6.07, 6.45) is -1.76. The van der Waals surface area contributed by atoms with E-state index < -0.39 is 25.4 Å². The number of ether oxygens (including phenoxy) is 2. The van der Waals surface area contributed by atoms with Gasteiger partial charge in [0.2, 0.25) is 0 Å². The van der Waals surface area contributed by atoms with Gasteiger partial charge in [-0.1, -0.05) is 0 Å². The third kappa shape index (κ3) is 4.85. The van der Waals surface area contributed by atoms with Crippen LogP contribution in [-0.2, 0) is 12.8 Å². The highest BCUT2D eigenvalue weighted by Crippen LogP contribution is 2.45. The lowest BCUT2D eigenvalue weighted by atomic mass is 9.95. The molecular formula is C20H26O8. The first-order chi connectivity index (χ1) is 13.3. The van der Waals surface area contributed by atoms with Gasteiger partial charge in [-0.15, -0.1) is 0 Å². The smallest absolute Gasteiger partial charge is 0.165 e. The summed E-state index contributed by atoms with van der Waals surface area (Å²) in [5.74, 6) is -0.169. The molecule has 6 N–H and O–H groups in total. The Morgan fingerprint density at radius 1 is 0.714 bits per heavy atom. The number of hydrogen-bond acceptors (Lipinski definition) is 8. The molecular weight excluding hydrogens is 368 g/mol. The van der Waals surface area contributed by atoms with E-state index >= 15 is 0 Å². The fraction of sp³-hybridized carbons (Fsp3) is 0.400. The molecule has 0 bridgehead atoms. The Morgan fingerprint density at radius 3 is 1.36 bits per heavy atom. The van der Waals surface area contributed by atoms with Crippen molar-refractivity contribution >= 4 is 0 Å². The normalized spacial score (nSPS) is 13.2. The molecule has 2 rings (SSSR count). The predicted octanol–water partition coefficient (Wildman–Crippen LogP) is 0.573. The molecule has 0 aliphatic heterocycles. The molecule has 0 aliphatic carbocycles. The summed E-state index contributed by atoms with van der Waals surface area (Å²) in [6, 6.07) is 6.20. The van der Waals surface area contributed by atoms with E-state index in [2.05, 4.69) is 0 Å². The number of aromatic hydroxyl groups is 2. The fourth-order valence-corrected chi connectivity index (χ4v) is 2.96. The molecule has 0 saturated carbocycles. The van der Waals surface area contributed by atoms with Gasteiger partial charge in [0, 0.05) is 24.0 Å². The number of phenolic OH excluding ortho intramolecular Hbond substituents is 2. The van der Waals surface area contributed by atoms with Crippen molar-refractivity contribution in [3.63, 3.8) is 0 Å². The lowest BCUT2D eigenvalue weighted by Gasteiger charge is -2.17. The molecule has 8 heteroatoms. The Morgan fingerprint density at radius 2 is 1.07 bits per heavy atom. The molecule has 0 heterocycles. The summed E-state index contributed by atoms with van der Waals surface area (Å²) in [5.41, 5.74) is 1.61. The Balaban J connectivity index is 2.64. The van der Waals surface area contributed by atoms with Crippen LogP contribution >= 0.6 is 0 Å². The Hall–Kier alpha value is -2.52. The molecule has 0 fully saturated rings. The van der Waals surface area contributed by atoms with Crippen LogP contribution in [0, 0.1) is 0 Å². The second-order valence-corrected chi connectivity index (χ2v) is 6.47. The van der Waals surface area contributed by atoms with Crippen LogP contribution in [0.5, 0.6) is 23.0 Å². The quantitative estimate of drug-likeness (QED) is 0.363. The van der Waals surface area contributed by atoms with E-state index in [1.807, 2.05) is 0 Å². The Bertz CT molecular complexity index is 738. The second-order valence-electron chi connectivity index (χ2n) is 6.47. The van der Waals surface area contributed by atoms with Crippen LogP contribution in [0.15, 0.2) is 24.3 Å². The Labute approximate surface area is 162 Å². The van der Waals surface area contributed by atoms with Crippen molar-refractivity contribution in [3.05, 3.63) is 35.4 Å². The molecule has 2 atom stereocenters. The summed E-state index contributed by atoms with van der Waals surface area (Å²) in [6.45, 7) is -0.849. The fourth-order valence-electron chi connectivity index (χ4n) is 2.96. The van der Waals surface area contributed by atoms with Gasteiger partial charge in [-0.3, -0.25) is 0 Å². The van der Waals surface area contributed by atoms with E-state index in [1.165, 1.54) is 26.4 Å². The second kappa shape index (κ2) is 9.61. The van der Waals surface area contributed by atoms with E-state index in [1.54, 1.807) is 12.1 Å². The largest absolute Gasteiger partial charge is 0.504 e. The van der Waals surface area contributed by atoms with Crippen LogP contribution in [0.2, 0.25) is 0 Å². The highest BCUT2D eigenvalue weighted by atomic mass is 16.5. The standard InChI is InChI=1S/C20H26O8/c1-27-17-7-11(3-13(23)9-21)5-15(19(17)25)16-6-12(4-14(24)10-22)8-18(28-2)20(16)26/h5-8,13-14,21-26H,3-4,9-10H2,1-2H3. The molecule has 2 aromatic rings. The third-order valence-corrected chi connectivity index (χ3v) is 4.36. The zero-order chi connectivity index (χ0) is 20.8. The zero-order valence-corrected chi connectivity index (χ0v) is 15.8. The van der Waals surface area contributed by atoms with E-state index in [4.69, 9.17) is 19.7 Å². The number of aliphatic hydroxyl groups is 4. The highest BCUT2D eigenvalue weighted by molar-refractivity contribution is 5.81. The van der Waals surface area contributed by atoms with Crippen LogP contribution in [0.3, 0.4) is 0 Å². The molecule has 2 unspecified atom stereocenters. The lowest BCUT2D eigenvalue weighted by molar-refractivity contribution is 0.0954. The maximum atomic E-state index is 10.6. The van der Waals surface area contributed by atoms with Gasteiger partial charge >= 0.3 is 0 Å². The topological polar surface area (TPSA) is 140 Å². The van der Waals surface area contributed by atoms with E-state index in [-0.39, 0.29) is 47.0 Å². The summed E-state index contributed by atoms with van der Waals surface area (Å²) in [5, 5.41) is 58.8. The first-order valence-corrected chi connectivity index (χ1v) is 8.72. The predicted molar refractivity (Wildman–Crippen MR) is 102 cm³/mol. The number of benzene rings is 2. The molecule has 0 aromatic heterocycles. The van der Waals surface area contributed by atoms with Crippen molar-refractivity contribution in [1.29, 1.82) is 0 Å². The average Bonchev–Trinajstić information content (AvgIpc) is 2.70. The zero-order valence-electron chi connectivity index (χ0n) is 15.8. The first kappa shape index (κ1) is 21.8. The number of aliphatic hydroxyl groups excluding tert-OH is 4. The van der Waals surface area contributed by atoms with Crippen molar-refractivity contribution in [2.75, 3.05) is 27.4 Å².